The Kier molecular flexibility index (Phi) is 5.55. The molecule has 1 aromatic carbocycles. The fraction of sp³-hybridized carbons (Fsp3) is 0.133. The van der Waals surface area contributed by atoms with Crippen LogP contribution in [0.3, 0.4) is 0 Å². The van der Waals surface area contributed by atoms with Crippen molar-refractivity contribution in [1.82, 2.24) is 30.0 Å². The largest absolute Gasteiger partial charge is 0.328 e. The number of nitrogens with one attached hydrogen (secondary N) is 2. The van der Waals surface area contributed by atoms with Gasteiger partial charge in [-0.3, -0.25) is 0 Å². The Labute approximate surface area is 163 Å². The topological polar surface area (TPSA) is 97.6 Å². The van der Waals surface area contributed by atoms with Gasteiger partial charge in [-0.25, -0.2) is 19.7 Å². The van der Waals surface area contributed by atoms with Crippen molar-refractivity contribution in [2.45, 2.75) is 13.0 Å². The van der Waals surface area contributed by atoms with Gasteiger partial charge in [0.15, 0.2) is 5.82 Å². The first-order chi connectivity index (χ1) is 12.5. The van der Waals surface area contributed by atoms with E-state index in [-0.39, 0.29) is 15.1 Å². The summed E-state index contributed by atoms with van der Waals surface area (Å²) in [6.45, 7) is 1.75. The monoisotopic (exact) mass is 411 g/mol. The Morgan fingerprint density at radius 1 is 1.12 bits per heavy atom. The second-order valence-electron chi connectivity index (χ2n) is 5.15. The van der Waals surface area contributed by atoms with Crippen LogP contribution in [0.5, 0.6) is 0 Å². The zero-order chi connectivity index (χ0) is 18.7. The molecule has 134 valence electrons. The summed E-state index contributed by atoms with van der Waals surface area (Å²) in [4.78, 5) is 24.6. The van der Waals surface area contributed by atoms with Gasteiger partial charge in [0.05, 0.1) is 21.1 Å². The van der Waals surface area contributed by atoms with Crippen molar-refractivity contribution in [3.63, 3.8) is 0 Å². The lowest BCUT2D eigenvalue weighted by molar-refractivity contribution is 0.248. The molecule has 2 N–H and O–H groups in total. The Balaban J connectivity index is 1.72. The Hall–Kier alpha value is -2.42. The van der Waals surface area contributed by atoms with E-state index in [2.05, 4.69) is 30.7 Å². The molecule has 0 aliphatic heterocycles. The van der Waals surface area contributed by atoms with Crippen LogP contribution < -0.4 is 10.6 Å². The van der Waals surface area contributed by atoms with Gasteiger partial charge in [-0.1, -0.05) is 34.8 Å². The minimum atomic E-state index is -0.476. The van der Waals surface area contributed by atoms with Crippen molar-refractivity contribution in [3.05, 3.63) is 57.8 Å². The van der Waals surface area contributed by atoms with Crippen LogP contribution in [0.1, 0.15) is 18.8 Å². The normalized spacial score (nSPS) is 11.8. The summed E-state index contributed by atoms with van der Waals surface area (Å²) in [5, 5.41) is 10.2. The van der Waals surface area contributed by atoms with Crippen LogP contribution in [0.25, 0.3) is 5.95 Å². The fourth-order valence-electron chi connectivity index (χ4n) is 2.16. The quantitative estimate of drug-likeness (QED) is 0.633. The summed E-state index contributed by atoms with van der Waals surface area (Å²) in [5.41, 5.74) is 0.405. The zero-order valence-corrected chi connectivity index (χ0v) is 15.6. The number of rotatable bonds is 4. The number of benzene rings is 1. The highest BCUT2D eigenvalue weighted by Gasteiger charge is 2.18. The molecular formula is C15H12Cl3N7O. The Morgan fingerprint density at radius 3 is 2.42 bits per heavy atom. The summed E-state index contributed by atoms with van der Waals surface area (Å²) in [6, 6.07) is 3.74. The first kappa shape index (κ1) is 18.4. The summed E-state index contributed by atoms with van der Waals surface area (Å²) in [7, 11) is 0. The van der Waals surface area contributed by atoms with Gasteiger partial charge in [-0.05, 0) is 25.1 Å². The molecule has 1 unspecified atom stereocenters. The molecule has 0 saturated carbocycles. The predicted molar refractivity (Wildman–Crippen MR) is 99.0 cm³/mol. The molecule has 0 bridgehead atoms. The molecule has 2 heterocycles. The van der Waals surface area contributed by atoms with Crippen molar-refractivity contribution >= 4 is 46.5 Å². The van der Waals surface area contributed by atoms with Gasteiger partial charge >= 0.3 is 6.03 Å². The summed E-state index contributed by atoms with van der Waals surface area (Å²) in [6.07, 6.45) is 4.54. The molecule has 0 aliphatic carbocycles. The maximum atomic E-state index is 12.2. The molecule has 0 spiro atoms. The van der Waals surface area contributed by atoms with Crippen molar-refractivity contribution < 1.29 is 4.79 Å². The third-order valence-electron chi connectivity index (χ3n) is 3.29. The minimum Gasteiger partial charge on any atom is -0.328 e. The number of carbonyl (C=O) groups excluding carboxylic acids is 1. The number of carbonyl (C=O) groups is 1. The third-order valence-corrected chi connectivity index (χ3v) is 4.49. The molecule has 0 aliphatic rings. The van der Waals surface area contributed by atoms with Crippen LogP contribution in [-0.2, 0) is 0 Å². The number of amides is 2. The first-order valence-corrected chi connectivity index (χ1v) is 8.48. The predicted octanol–water partition coefficient (Wildman–Crippen LogP) is 3.90. The molecule has 3 rings (SSSR count). The highest BCUT2D eigenvalue weighted by atomic mass is 35.5. The van der Waals surface area contributed by atoms with Crippen LogP contribution in [0.2, 0.25) is 15.1 Å². The number of anilines is 1. The number of urea groups is 1. The maximum absolute atomic E-state index is 12.2. The smallest absolute Gasteiger partial charge is 0.319 e. The lowest BCUT2D eigenvalue weighted by Crippen LogP contribution is -2.32. The van der Waals surface area contributed by atoms with E-state index in [0.717, 1.165) is 0 Å². The molecule has 2 aromatic heterocycles. The van der Waals surface area contributed by atoms with Gasteiger partial charge in [0.25, 0.3) is 5.95 Å². The lowest BCUT2D eigenvalue weighted by Gasteiger charge is -2.15. The number of aromatic nitrogens is 5. The van der Waals surface area contributed by atoms with Gasteiger partial charge in [0.1, 0.15) is 6.33 Å². The SMILES string of the molecule is CC(NC(=O)Nc1cc(Cl)c(Cl)c(Cl)c1)c1ncnn1-c1ncccn1. The standard InChI is InChI=1S/C15H12Cl3N7O/c1-8(13-21-7-22-25(13)14-19-3-2-4-20-14)23-15(26)24-9-5-10(16)12(18)11(17)6-9/h2-8H,1H3,(H2,23,24,26). The lowest BCUT2D eigenvalue weighted by atomic mass is 10.3. The summed E-state index contributed by atoms with van der Waals surface area (Å²) >= 11 is 17.8. The van der Waals surface area contributed by atoms with E-state index in [1.54, 1.807) is 25.4 Å². The van der Waals surface area contributed by atoms with E-state index in [1.165, 1.54) is 23.1 Å². The maximum Gasteiger partial charge on any atom is 0.319 e. The highest BCUT2D eigenvalue weighted by Crippen LogP contribution is 2.33. The number of hydrogen-bond donors (Lipinski definition) is 2. The minimum absolute atomic E-state index is 0.226. The van der Waals surface area contributed by atoms with Crippen molar-refractivity contribution in [2.75, 3.05) is 5.32 Å². The second-order valence-corrected chi connectivity index (χ2v) is 6.35. The summed E-state index contributed by atoms with van der Waals surface area (Å²) < 4.78 is 1.45. The molecule has 0 radical (unpaired) electrons. The van der Waals surface area contributed by atoms with Gasteiger partial charge in [0, 0.05) is 18.1 Å². The first-order valence-electron chi connectivity index (χ1n) is 7.35. The van der Waals surface area contributed by atoms with Crippen LogP contribution in [0.4, 0.5) is 10.5 Å². The van der Waals surface area contributed by atoms with Gasteiger partial charge in [-0.15, -0.1) is 0 Å². The molecule has 8 nitrogen and oxygen atoms in total. The third kappa shape index (κ3) is 4.04. The van der Waals surface area contributed by atoms with E-state index in [9.17, 15) is 4.79 Å². The molecule has 0 fully saturated rings. The Morgan fingerprint density at radius 2 is 1.77 bits per heavy atom. The van der Waals surface area contributed by atoms with Gasteiger partial charge in [0.2, 0.25) is 0 Å². The Bertz CT molecular complexity index is 909. The van der Waals surface area contributed by atoms with E-state index in [0.29, 0.717) is 17.5 Å². The summed E-state index contributed by atoms with van der Waals surface area (Å²) in [5.74, 6) is 0.823. The molecule has 2 amide bonds. The molecular weight excluding hydrogens is 401 g/mol. The molecule has 3 aromatic rings. The van der Waals surface area contributed by atoms with E-state index in [1.807, 2.05) is 0 Å². The van der Waals surface area contributed by atoms with E-state index < -0.39 is 12.1 Å². The highest BCUT2D eigenvalue weighted by molar-refractivity contribution is 6.48. The number of nitrogens with zero attached hydrogens (tertiary/aromatic N) is 5. The molecule has 0 saturated heterocycles. The van der Waals surface area contributed by atoms with Crippen molar-refractivity contribution in [3.8, 4) is 5.95 Å². The second kappa shape index (κ2) is 7.86. The fourth-order valence-corrected chi connectivity index (χ4v) is 2.75. The number of hydrogen-bond acceptors (Lipinski definition) is 5. The van der Waals surface area contributed by atoms with Crippen LogP contribution >= 0.6 is 34.8 Å². The average molecular weight is 413 g/mol. The van der Waals surface area contributed by atoms with E-state index >= 15 is 0 Å². The van der Waals surface area contributed by atoms with Crippen molar-refractivity contribution in [1.29, 1.82) is 0 Å². The molecule has 1 atom stereocenters. The van der Waals surface area contributed by atoms with Crippen LogP contribution in [-0.4, -0.2) is 30.8 Å². The molecule has 11 heteroatoms. The van der Waals surface area contributed by atoms with Gasteiger partial charge < -0.3 is 10.6 Å². The number of halogens is 3. The van der Waals surface area contributed by atoms with Crippen molar-refractivity contribution in [2.24, 2.45) is 0 Å². The molecule has 26 heavy (non-hydrogen) atoms. The average Bonchev–Trinajstić information content (AvgIpc) is 3.10. The van der Waals surface area contributed by atoms with E-state index in [4.69, 9.17) is 34.8 Å². The van der Waals surface area contributed by atoms with Crippen LogP contribution in [0.15, 0.2) is 36.9 Å². The van der Waals surface area contributed by atoms with Crippen LogP contribution in [0, 0.1) is 0 Å². The van der Waals surface area contributed by atoms with Gasteiger partial charge in [-0.2, -0.15) is 9.78 Å². The zero-order valence-electron chi connectivity index (χ0n) is 13.3.